The third-order valence-corrected chi connectivity index (χ3v) is 4.48. The van der Waals surface area contributed by atoms with Gasteiger partial charge in [-0.25, -0.2) is 4.99 Å². The average molecular weight is 482 g/mol. The summed E-state index contributed by atoms with van der Waals surface area (Å²) in [5, 5.41) is 8.83. The largest absolute Gasteiger partial charge is 0.469 e. The van der Waals surface area contributed by atoms with Crippen LogP contribution in [0.2, 0.25) is 0 Å². The Hall–Kier alpha value is -1.87. The Bertz CT molecular complexity index is 745. The molecule has 0 bridgehead atoms. The number of halogens is 1. The molecule has 0 aliphatic carbocycles. The minimum atomic E-state index is 0. The van der Waals surface area contributed by atoms with Crippen LogP contribution in [-0.2, 0) is 19.4 Å². The summed E-state index contributed by atoms with van der Waals surface area (Å²) in [5.74, 6) is 1.79. The number of nitrogens with zero attached hydrogens (tertiary/aromatic N) is 2. The summed E-state index contributed by atoms with van der Waals surface area (Å²) in [4.78, 5) is 10.3. The lowest BCUT2D eigenvalue weighted by Gasteiger charge is -2.12. The molecular weight excluding hydrogens is 459 g/mol. The van der Waals surface area contributed by atoms with Crippen LogP contribution in [0.15, 0.2) is 69.7 Å². The molecule has 3 aromatic heterocycles. The van der Waals surface area contributed by atoms with Gasteiger partial charge in [0.2, 0.25) is 0 Å². The van der Waals surface area contributed by atoms with E-state index >= 15 is 0 Å². The van der Waals surface area contributed by atoms with Crippen molar-refractivity contribution in [3.63, 3.8) is 0 Å². The molecule has 0 saturated heterocycles. The Balaban J connectivity index is 0.00000243. The SMILES string of the molecule is I.c1ccc(CCNC(=NCc2cccs2)NCCc2ccco2)nc1. The molecule has 2 N–H and O–H groups in total. The highest BCUT2D eigenvalue weighted by molar-refractivity contribution is 14.0. The first-order valence-electron chi connectivity index (χ1n) is 8.37. The third-order valence-electron chi connectivity index (χ3n) is 3.62. The number of pyridine rings is 1. The molecule has 26 heavy (non-hydrogen) atoms. The minimum absolute atomic E-state index is 0. The van der Waals surface area contributed by atoms with Crippen molar-refractivity contribution in [1.29, 1.82) is 0 Å². The van der Waals surface area contributed by atoms with Gasteiger partial charge in [-0.1, -0.05) is 12.1 Å². The van der Waals surface area contributed by atoms with Gasteiger partial charge in [-0.2, -0.15) is 0 Å². The summed E-state index contributed by atoms with van der Waals surface area (Å²) in [6, 6.07) is 14.0. The molecule has 3 rings (SSSR count). The number of aromatic nitrogens is 1. The minimum Gasteiger partial charge on any atom is -0.469 e. The Morgan fingerprint density at radius 1 is 1.04 bits per heavy atom. The predicted octanol–water partition coefficient (Wildman–Crippen LogP) is 3.87. The van der Waals surface area contributed by atoms with E-state index in [0.29, 0.717) is 6.54 Å². The van der Waals surface area contributed by atoms with Gasteiger partial charge in [-0.05, 0) is 35.7 Å². The van der Waals surface area contributed by atoms with Gasteiger partial charge < -0.3 is 15.1 Å². The zero-order valence-electron chi connectivity index (χ0n) is 14.4. The van der Waals surface area contributed by atoms with Crippen molar-refractivity contribution in [3.8, 4) is 0 Å². The Kier molecular flexibility index (Phi) is 9.19. The van der Waals surface area contributed by atoms with Crippen molar-refractivity contribution >= 4 is 41.3 Å². The molecule has 138 valence electrons. The molecule has 0 atom stereocenters. The molecule has 5 nitrogen and oxygen atoms in total. The van der Waals surface area contributed by atoms with Crippen LogP contribution >= 0.6 is 35.3 Å². The van der Waals surface area contributed by atoms with Gasteiger partial charge in [0.25, 0.3) is 0 Å². The van der Waals surface area contributed by atoms with Crippen molar-refractivity contribution in [2.24, 2.45) is 4.99 Å². The smallest absolute Gasteiger partial charge is 0.191 e. The third kappa shape index (κ3) is 7.17. The van der Waals surface area contributed by atoms with Gasteiger partial charge in [0.05, 0.1) is 12.8 Å². The van der Waals surface area contributed by atoms with Gasteiger partial charge in [-0.3, -0.25) is 4.98 Å². The van der Waals surface area contributed by atoms with Crippen molar-refractivity contribution in [2.45, 2.75) is 19.4 Å². The fourth-order valence-corrected chi connectivity index (χ4v) is 2.98. The number of guanidine groups is 1. The first-order chi connectivity index (χ1) is 12.4. The van der Waals surface area contributed by atoms with E-state index in [4.69, 9.17) is 4.42 Å². The van der Waals surface area contributed by atoms with E-state index < -0.39 is 0 Å². The first-order valence-corrected chi connectivity index (χ1v) is 9.25. The van der Waals surface area contributed by atoms with Gasteiger partial charge in [0.15, 0.2) is 5.96 Å². The standard InChI is InChI=1S/C19H22N4OS.HI/c1-2-10-20-16(5-1)8-11-21-19(23-15-18-7-4-14-25-18)22-12-9-17-6-3-13-24-17;/h1-7,10,13-14H,8-9,11-12,15H2,(H2,21,22,23);1H. The lowest BCUT2D eigenvalue weighted by atomic mass is 10.3. The summed E-state index contributed by atoms with van der Waals surface area (Å²) < 4.78 is 5.37. The highest BCUT2D eigenvalue weighted by atomic mass is 127. The maximum Gasteiger partial charge on any atom is 0.191 e. The van der Waals surface area contributed by atoms with Crippen LogP contribution in [0.5, 0.6) is 0 Å². The monoisotopic (exact) mass is 482 g/mol. The van der Waals surface area contributed by atoms with E-state index in [1.807, 2.05) is 42.6 Å². The molecule has 0 aliphatic heterocycles. The van der Waals surface area contributed by atoms with E-state index in [2.05, 4.69) is 32.1 Å². The van der Waals surface area contributed by atoms with Crippen molar-refractivity contribution in [3.05, 3.63) is 76.6 Å². The highest BCUT2D eigenvalue weighted by Crippen LogP contribution is 2.09. The summed E-state index contributed by atoms with van der Waals surface area (Å²) in [6.07, 6.45) is 5.21. The average Bonchev–Trinajstić information content (AvgIpc) is 3.34. The van der Waals surface area contributed by atoms with E-state index in [0.717, 1.165) is 43.3 Å². The fraction of sp³-hybridized carbons (Fsp3) is 0.263. The number of nitrogens with one attached hydrogen (secondary N) is 2. The Morgan fingerprint density at radius 2 is 1.92 bits per heavy atom. The number of thiophene rings is 1. The molecule has 0 aromatic carbocycles. The number of aliphatic imine (C=N–C) groups is 1. The fourth-order valence-electron chi connectivity index (χ4n) is 2.35. The van der Waals surface area contributed by atoms with Gasteiger partial charge >= 0.3 is 0 Å². The molecule has 0 fully saturated rings. The second-order valence-corrected chi connectivity index (χ2v) is 6.53. The zero-order chi connectivity index (χ0) is 17.2. The molecule has 0 amide bonds. The summed E-state index contributed by atoms with van der Waals surface area (Å²) >= 11 is 1.72. The van der Waals surface area contributed by atoms with E-state index in [1.54, 1.807) is 17.6 Å². The van der Waals surface area contributed by atoms with Crippen LogP contribution in [0.3, 0.4) is 0 Å². The highest BCUT2D eigenvalue weighted by Gasteiger charge is 2.02. The zero-order valence-corrected chi connectivity index (χ0v) is 17.6. The maximum atomic E-state index is 5.37. The van der Waals surface area contributed by atoms with Gasteiger partial charge in [0.1, 0.15) is 5.76 Å². The molecule has 3 heterocycles. The number of rotatable bonds is 8. The summed E-state index contributed by atoms with van der Waals surface area (Å²) in [7, 11) is 0. The van der Waals surface area contributed by atoms with Gasteiger partial charge in [-0.15, -0.1) is 35.3 Å². The molecule has 0 aliphatic rings. The molecular formula is C19H23IN4OS. The molecule has 0 spiro atoms. The van der Waals surface area contributed by atoms with Crippen molar-refractivity contribution < 1.29 is 4.42 Å². The first kappa shape index (κ1) is 20.4. The van der Waals surface area contributed by atoms with Crippen LogP contribution in [0.4, 0.5) is 0 Å². The molecule has 0 unspecified atom stereocenters. The van der Waals surface area contributed by atoms with Crippen LogP contribution in [0.1, 0.15) is 16.3 Å². The van der Waals surface area contributed by atoms with Gasteiger partial charge in [0, 0.05) is 42.7 Å². The Morgan fingerprint density at radius 3 is 2.62 bits per heavy atom. The maximum absolute atomic E-state index is 5.37. The summed E-state index contributed by atoms with van der Waals surface area (Å²) in [6.45, 7) is 2.23. The second-order valence-electron chi connectivity index (χ2n) is 5.50. The van der Waals surface area contributed by atoms with Crippen molar-refractivity contribution in [2.75, 3.05) is 13.1 Å². The lowest BCUT2D eigenvalue weighted by Crippen LogP contribution is -2.39. The summed E-state index contributed by atoms with van der Waals surface area (Å²) in [5.41, 5.74) is 1.07. The van der Waals surface area contributed by atoms with Crippen LogP contribution in [0.25, 0.3) is 0 Å². The lowest BCUT2D eigenvalue weighted by molar-refractivity contribution is 0.506. The Labute approximate surface area is 175 Å². The quantitative estimate of drug-likeness (QED) is 0.291. The van der Waals surface area contributed by atoms with E-state index in [9.17, 15) is 0 Å². The van der Waals surface area contributed by atoms with Crippen molar-refractivity contribution in [1.82, 2.24) is 15.6 Å². The second kappa shape index (κ2) is 11.7. The number of hydrogen-bond acceptors (Lipinski definition) is 4. The molecule has 0 saturated carbocycles. The van der Waals surface area contributed by atoms with E-state index in [1.165, 1.54) is 4.88 Å². The van der Waals surface area contributed by atoms with Crippen LogP contribution in [0, 0.1) is 0 Å². The molecule has 7 heteroatoms. The topological polar surface area (TPSA) is 62.5 Å². The van der Waals surface area contributed by atoms with Crippen LogP contribution < -0.4 is 10.6 Å². The molecule has 3 aromatic rings. The van der Waals surface area contributed by atoms with E-state index in [-0.39, 0.29) is 24.0 Å². The molecule has 0 radical (unpaired) electrons. The van der Waals surface area contributed by atoms with Crippen LogP contribution in [-0.4, -0.2) is 24.0 Å². The normalized spacial score (nSPS) is 11.0. The predicted molar refractivity (Wildman–Crippen MR) is 117 cm³/mol. The number of hydrogen-bond donors (Lipinski definition) is 2. The number of furan rings is 1.